The summed E-state index contributed by atoms with van der Waals surface area (Å²) >= 11 is 0. The molecule has 1 aliphatic rings. The highest BCUT2D eigenvalue weighted by Crippen LogP contribution is 2.32. The maximum Gasteiger partial charge on any atom is 0.206 e. The predicted molar refractivity (Wildman–Crippen MR) is 81.0 cm³/mol. The number of hydrogen-bond donors (Lipinski definition) is 0. The summed E-state index contributed by atoms with van der Waals surface area (Å²) in [6.07, 6.45) is 4.23. The highest BCUT2D eigenvalue weighted by molar-refractivity contribution is 6.27. The fraction of sp³-hybridized carbons (Fsp3) is 0.278. The molecule has 2 rings (SSSR count). The van der Waals surface area contributed by atoms with Crippen LogP contribution in [-0.4, -0.2) is 17.9 Å². The normalized spacial score (nSPS) is 16.8. The first-order valence-corrected chi connectivity index (χ1v) is 6.89. The zero-order valence-corrected chi connectivity index (χ0v) is 12.4. The standard InChI is InChI=1S/C18H17O3/c1-4-11(2)9-13(10-19)16-12(3)17(20)14-7-5-6-8-15(14)18(16)21/h4-8,13H,9H2,1-3H3/b11-4+. The Bertz CT molecular complexity index is 677. The Labute approximate surface area is 124 Å². The second-order valence-corrected chi connectivity index (χ2v) is 5.25. The number of allylic oxidation sites excluding steroid dienone is 4. The first kappa shape index (κ1) is 15.1. The summed E-state index contributed by atoms with van der Waals surface area (Å²) in [4.78, 5) is 36.3. The van der Waals surface area contributed by atoms with Crippen molar-refractivity contribution in [1.82, 2.24) is 0 Å². The van der Waals surface area contributed by atoms with Crippen molar-refractivity contribution in [3.05, 3.63) is 58.2 Å². The summed E-state index contributed by atoms with van der Waals surface area (Å²) < 4.78 is 0. The van der Waals surface area contributed by atoms with E-state index in [4.69, 9.17) is 0 Å². The molecule has 0 amide bonds. The van der Waals surface area contributed by atoms with Crippen LogP contribution in [0.4, 0.5) is 0 Å². The SMILES string of the molecule is C/C=C(\C)CC([C]=O)C1=C(C)C(=O)c2ccccc2C1=O. The van der Waals surface area contributed by atoms with Crippen LogP contribution in [0.25, 0.3) is 0 Å². The van der Waals surface area contributed by atoms with Gasteiger partial charge in [0.15, 0.2) is 11.6 Å². The summed E-state index contributed by atoms with van der Waals surface area (Å²) in [5.41, 5.74) is 2.42. The molecule has 1 unspecified atom stereocenters. The van der Waals surface area contributed by atoms with Crippen molar-refractivity contribution >= 4 is 17.9 Å². The third-order valence-corrected chi connectivity index (χ3v) is 3.92. The molecule has 21 heavy (non-hydrogen) atoms. The van der Waals surface area contributed by atoms with Gasteiger partial charge in [0.2, 0.25) is 6.29 Å². The lowest BCUT2D eigenvalue weighted by atomic mass is 9.78. The molecule has 107 valence electrons. The molecule has 0 bridgehead atoms. The second kappa shape index (κ2) is 6.00. The van der Waals surface area contributed by atoms with Crippen LogP contribution in [0, 0.1) is 5.92 Å². The molecule has 1 aromatic rings. The van der Waals surface area contributed by atoms with Crippen molar-refractivity contribution in [3.8, 4) is 0 Å². The largest absolute Gasteiger partial charge is 0.290 e. The fourth-order valence-corrected chi connectivity index (χ4v) is 2.58. The minimum absolute atomic E-state index is 0.182. The average Bonchev–Trinajstić information content (AvgIpc) is 2.51. The van der Waals surface area contributed by atoms with E-state index in [1.54, 1.807) is 31.2 Å². The van der Waals surface area contributed by atoms with Crippen molar-refractivity contribution in [2.24, 2.45) is 5.92 Å². The first-order chi connectivity index (χ1) is 10.0. The van der Waals surface area contributed by atoms with Crippen LogP contribution in [0.3, 0.4) is 0 Å². The van der Waals surface area contributed by atoms with Gasteiger partial charge in [-0.1, -0.05) is 35.9 Å². The molecular formula is C18H17O3. The molecule has 0 spiro atoms. The van der Waals surface area contributed by atoms with Crippen LogP contribution in [0.15, 0.2) is 47.1 Å². The van der Waals surface area contributed by atoms with Crippen molar-refractivity contribution < 1.29 is 14.4 Å². The maximum absolute atomic E-state index is 12.6. The molecule has 1 aromatic carbocycles. The topological polar surface area (TPSA) is 51.2 Å². The van der Waals surface area contributed by atoms with Crippen molar-refractivity contribution in [3.63, 3.8) is 0 Å². The Balaban J connectivity index is 2.53. The monoisotopic (exact) mass is 281 g/mol. The van der Waals surface area contributed by atoms with Crippen LogP contribution in [-0.2, 0) is 4.79 Å². The van der Waals surface area contributed by atoms with Crippen molar-refractivity contribution in [2.45, 2.75) is 27.2 Å². The van der Waals surface area contributed by atoms with E-state index in [1.165, 1.54) is 0 Å². The summed E-state index contributed by atoms with van der Waals surface area (Å²) in [5.74, 6) is -1.11. The van der Waals surface area contributed by atoms with Crippen LogP contribution >= 0.6 is 0 Å². The van der Waals surface area contributed by atoms with Gasteiger partial charge in [0, 0.05) is 22.3 Å². The third kappa shape index (κ3) is 2.64. The smallest absolute Gasteiger partial charge is 0.206 e. The Kier molecular flexibility index (Phi) is 4.32. The van der Waals surface area contributed by atoms with Crippen LogP contribution in [0.2, 0.25) is 0 Å². The van der Waals surface area contributed by atoms with Crippen molar-refractivity contribution in [1.29, 1.82) is 0 Å². The van der Waals surface area contributed by atoms with Crippen LogP contribution < -0.4 is 0 Å². The lowest BCUT2D eigenvalue weighted by molar-refractivity contribution is 0.0968. The van der Waals surface area contributed by atoms with Gasteiger partial charge >= 0.3 is 0 Å². The molecule has 0 heterocycles. The summed E-state index contributed by atoms with van der Waals surface area (Å²) in [5, 5.41) is 0. The van der Waals surface area contributed by atoms with Gasteiger partial charge in [-0.2, -0.15) is 0 Å². The number of benzene rings is 1. The van der Waals surface area contributed by atoms with Crippen molar-refractivity contribution in [2.75, 3.05) is 0 Å². The van der Waals surface area contributed by atoms with Gasteiger partial charge in [0.1, 0.15) is 0 Å². The first-order valence-electron chi connectivity index (χ1n) is 6.89. The number of hydrogen-bond acceptors (Lipinski definition) is 3. The molecule has 1 aliphatic carbocycles. The zero-order chi connectivity index (χ0) is 15.6. The Morgan fingerprint density at radius 3 is 2.29 bits per heavy atom. The van der Waals surface area contributed by atoms with E-state index in [0.29, 0.717) is 23.1 Å². The second-order valence-electron chi connectivity index (χ2n) is 5.25. The van der Waals surface area contributed by atoms with Gasteiger partial charge in [-0.05, 0) is 27.2 Å². The lowest BCUT2D eigenvalue weighted by Crippen LogP contribution is -2.26. The molecule has 0 saturated carbocycles. The number of fused-ring (bicyclic) bond motifs is 1. The van der Waals surface area contributed by atoms with Gasteiger partial charge in [0.25, 0.3) is 0 Å². The molecular weight excluding hydrogens is 264 g/mol. The number of carbonyl (C=O) groups excluding carboxylic acids is 3. The highest BCUT2D eigenvalue weighted by Gasteiger charge is 2.34. The van der Waals surface area contributed by atoms with Crippen LogP contribution in [0.5, 0.6) is 0 Å². The maximum atomic E-state index is 12.6. The van der Waals surface area contributed by atoms with Gasteiger partial charge in [-0.15, -0.1) is 0 Å². The molecule has 3 nitrogen and oxygen atoms in total. The van der Waals surface area contributed by atoms with E-state index in [2.05, 4.69) is 0 Å². The van der Waals surface area contributed by atoms with Gasteiger partial charge in [0.05, 0.1) is 5.92 Å². The molecule has 1 radical (unpaired) electrons. The number of carbonyl (C=O) groups is 2. The molecule has 0 saturated heterocycles. The predicted octanol–water partition coefficient (Wildman–Crippen LogP) is 3.46. The van der Waals surface area contributed by atoms with Crippen LogP contribution in [0.1, 0.15) is 47.9 Å². The number of ketones is 2. The quantitative estimate of drug-likeness (QED) is 0.794. The van der Waals surface area contributed by atoms with Gasteiger partial charge in [-0.3, -0.25) is 14.4 Å². The van der Waals surface area contributed by atoms with Gasteiger partial charge < -0.3 is 0 Å². The highest BCUT2D eigenvalue weighted by atomic mass is 16.1. The van der Waals surface area contributed by atoms with Gasteiger partial charge in [-0.25, -0.2) is 0 Å². The minimum atomic E-state index is -0.689. The van der Waals surface area contributed by atoms with E-state index < -0.39 is 5.92 Å². The Morgan fingerprint density at radius 2 is 1.76 bits per heavy atom. The molecule has 0 aromatic heterocycles. The Hall–Kier alpha value is -2.29. The van der Waals surface area contributed by atoms with E-state index >= 15 is 0 Å². The molecule has 1 atom stereocenters. The summed E-state index contributed by atoms with van der Waals surface area (Å²) in [6, 6.07) is 6.73. The molecule has 3 heteroatoms. The molecule has 0 fully saturated rings. The average molecular weight is 281 g/mol. The number of rotatable bonds is 4. The fourth-order valence-electron chi connectivity index (χ4n) is 2.58. The third-order valence-electron chi connectivity index (χ3n) is 3.92. The molecule has 0 aliphatic heterocycles. The Morgan fingerprint density at radius 1 is 1.19 bits per heavy atom. The lowest BCUT2D eigenvalue weighted by Gasteiger charge is -2.22. The van der Waals surface area contributed by atoms with E-state index in [0.717, 1.165) is 5.57 Å². The molecule has 0 N–H and O–H groups in total. The minimum Gasteiger partial charge on any atom is -0.290 e. The van der Waals surface area contributed by atoms with E-state index in [9.17, 15) is 14.4 Å². The zero-order valence-electron chi connectivity index (χ0n) is 12.4. The van der Waals surface area contributed by atoms with E-state index in [-0.39, 0.29) is 17.1 Å². The van der Waals surface area contributed by atoms with E-state index in [1.807, 2.05) is 26.2 Å². The summed E-state index contributed by atoms with van der Waals surface area (Å²) in [7, 11) is 0. The summed E-state index contributed by atoms with van der Waals surface area (Å²) in [6.45, 7) is 5.38. The number of Topliss-reactive ketones (excluding diaryl/α,β-unsaturated/α-hetero) is 2.